The summed E-state index contributed by atoms with van der Waals surface area (Å²) in [6.07, 6.45) is 3.94. The molecule has 0 saturated heterocycles. The molecule has 1 heterocycles. The van der Waals surface area contributed by atoms with Gasteiger partial charge in [-0.05, 0) is 49.4 Å². The molecule has 0 atom stereocenters. The summed E-state index contributed by atoms with van der Waals surface area (Å²) in [7, 11) is 1.75. The van der Waals surface area contributed by atoms with E-state index in [-0.39, 0.29) is 6.03 Å². The van der Waals surface area contributed by atoms with Gasteiger partial charge in [-0.15, -0.1) is 0 Å². The Morgan fingerprint density at radius 1 is 1.08 bits per heavy atom. The predicted octanol–water partition coefficient (Wildman–Crippen LogP) is 4.33. The van der Waals surface area contributed by atoms with Crippen LogP contribution >= 0.6 is 0 Å². The maximum absolute atomic E-state index is 12.3. The number of amides is 2. The Kier molecular flexibility index (Phi) is 5.59. The van der Waals surface area contributed by atoms with Crippen LogP contribution in [0.3, 0.4) is 0 Å². The van der Waals surface area contributed by atoms with Gasteiger partial charge < -0.3 is 19.5 Å². The quantitative estimate of drug-likeness (QED) is 0.720. The van der Waals surface area contributed by atoms with Gasteiger partial charge in [-0.2, -0.15) is 0 Å². The van der Waals surface area contributed by atoms with Crippen molar-refractivity contribution < 1.29 is 9.53 Å². The van der Waals surface area contributed by atoms with Gasteiger partial charge >= 0.3 is 6.03 Å². The highest BCUT2D eigenvalue weighted by atomic mass is 16.5. The smallest absolute Gasteiger partial charge is 0.321 e. The highest BCUT2D eigenvalue weighted by Crippen LogP contribution is 2.15. The van der Waals surface area contributed by atoms with Crippen LogP contribution in [0.1, 0.15) is 5.56 Å². The van der Waals surface area contributed by atoms with Gasteiger partial charge in [0.25, 0.3) is 0 Å². The van der Waals surface area contributed by atoms with Gasteiger partial charge in [0, 0.05) is 30.8 Å². The molecule has 1 aromatic heterocycles. The fourth-order valence-corrected chi connectivity index (χ4v) is 2.51. The molecular weight excluding hydrogens is 326 g/mol. The molecule has 1 N–H and O–H groups in total. The molecule has 3 aromatic rings. The molecule has 5 heteroatoms. The van der Waals surface area contributed by atoms with Gasteiger partial charge in [0.1, 0.15) is 12.4 Å². The van der Waals surface area contributed by atoms with E-state index >= 15 is 0 Å². The number of hydrogen-bond acceptors (Lipinski definition) is 2. The Balaban J connectivity index is 1.51. The normalized spacial score (nSPS) is 10.4. The van der Waals surface area contributed by atoms with E-state index < -0.39 is 0 Å². The van der Waals surface area contributed by atoms with Crippen LogP contribution in [-0.2, 0) is 0 Å². The SMILES string of the molecule is Cc1ccc(OCCN(C)C(=O)Nc2cccc(-n3cccc3)c2)cc1. The van der Waals surface area contributed by atoms with Gasteiger partial charge in [-0.25, -0.2) is 4.79 Å². The zero-order valence-corrected chi connectivity index (χ0v) is 15.1. The van der Waals surface area contributed by atoms with Gasteiger partial charge in [0.2, 0.25) is 0 Å². The van der Waals surface area contributed by atoms with E-state index in [2.05, 4.69) is 5.32 Å². The number of anilines is 1. The Hall–Kier alpha value is -3.21. The molecule has 2 aromatic carbocycles. The Morgan fingerprint density at radius 2 is 1.81 bits per heavy atom. The predicted molar refractivity (Wildman–Crippen MR) is 104 cm³/mol. The second-order valence-electron chi connectivity index (χ2n) is 6.15. The summed E-state index contributed by atoms with van der Waals surface area (Å²) < 4.78 is 7.67. The average molecular weight is 349 g/mol. The third-order valence-electron chi connectivity index (χ3n) is 4.06. The zero-order valence-electron chi connectivity index (χ0n) is 15.1. The molecule has 0 saturated carbocycles. The van der Waals surface area contributed by atoms with Crippen molar-refractivity contribution in [2.45, 2.75) is 6.92 Å². The number of rotatable bonds is 6. The molecule has 5 nitrogen and oxygen atoms in total. The summed E-state index contributed by atoms with van der Waals surface area (Å²) in [5.74, 6) is 0.809. The van der Waals surface area contributed by atoms with Crippen molar-refractivity contribution in [3.63, 3.8) is 0 Å². The van der Waals surface area contributed by atoms with Crippen LogP contribution in [0.2, 0.25) is 0 Å². The summed E-state index contributed by atoms with van der Waals surface area (Å²) >= 11 is 0. The lowest BCUT2D eigenvalue weighted by Crippen LogP contribution is -2.34. The number of likely N-dealkylation sites (N-methyl/N-ethyl adjacent to an activating group) is 1. The minimum atomic E-state index is -0.165. The summed E-state index contributed by atoms with van der Waals surface area (Å²) in [6.45, 7) is 2.97. The highest BCUT2D eigenvalue weighted by molar-refractivity contribution is 5.89. The van der Waals surface area contributed by atoms with E-state index in [1.165, 1.54) is 5.56 Å². The first-order valence-electron chi connectivity index (χ1n) is 8.57. The van der Waals surface area contributed by atoms with Crippen molar-refractivity contribution in [3.8, 4) is 11.4 Å². The Labute approximate surface area is 153 Å². The third kappa shape index (κ3) is 4.66. The summed E-state index contributed by atoms with van der Waals surface area (Å²) in [6, 6.07) is 19.4. The van der Waals surface area contributed by atoms with Crippen molar-refractivity contribution in [1.82, 2.24) is 9.47 Å². The minimum Gasteiger partial charge on any atom is -0.492 e. The van der Waals surface area contributed by atoms with Crippen LogP contribution < -0.4 is 10.1 Å². The van der Waals surface area contributed by atoms with E-state index in [9.17, 15) is 4.79 Å². The second-order valence-corrected chi connectivity index (χ2v) is 6.15. The number of carbonyl (C=O) groups excluding carboxylic acids is 1. The van der Waals surface area contributed by atoms with Crippen LogP contribution in [0.4, 0.5) is 10.5 Å². The number of benzene rings is 2. The van der Waals surface area contributed by atoms with Crippen molar-refractivity contribution in [1.29, 1.82) is 0 Å². The van der Waals surface area contributed by atoms with Gasteiger partial charge in [-0.3, -0.25) is 0 Å². The first kappa shape index (κ1) is 17.6. The Morgan fingerprint density at radius 3 is 2.54 bits per heavy atom. The van der Waals surface area contributed by atoms with Crippen molar-refractivity contribution in [2.75, 3.05) is 25.5 Å². The molecule has 0 aliphatic carbocycles. The molecule has 0 spiro atoms. The van der Waals surface area contributed by atoms with Crippen LogP contribution in [0.15, 0.2) is 73.1 Å². The Bertz CT molecular complexity index is 842. The van der Waals surface area contributed by atoms with Crippen molar-refractivity contribution in [3.05, 3.63) is 78.6 Å². The van der Waals surface area contributed by atoms with Gasteiger partial charge in [0.05, 0.1) is 6.54 Å². The van der Waals surface area contributed by atoms with E-state index in [0.717, 1.165) is 17.1 Å². The molecule has 134 valence electrons. The number of urea groups is 1. The van der Waals surface area contributed by atoms with Crippen LogP contribution in [-0.4, -0.2) is 35.7 Å². The van der Waals surface area contributed by atoms with E-state index in [1.54, 1.807) is 11.9 Å². The lowest BCUT2D eigenvalue weighted by Gasteiger charge is -2.18. The number of aryl methyl sites for hydroxylation is 1. The molecule has 3 rings (SSSR count). The standard InChI is InChI=1S/C21H23N3O2/c1-17-8-10-20(11-9-17)26-15-14-23(2)21(25)22-18-6-5-7-19(16-18)24-12-3-4-13-24/h3-13,16H,14-15H2,1-2H3,(H,22,25). The number of nitrogens with one attached hydrogen (secondary N) is 1. The largest absolute Gasteiger partial charge is 0.492 e. The molecule has 0 radical (unpaired) electrons. The van der Waals surface area contributed by atoms with E-state index in [0.29, 0.717) is 13.2 Å². The van der Waals surface area contributed by atoms with E-state index in [4.69, 9.17) is 4.74 Å². The average Bonchev–Trinajstić information content (AvgIpc) is 3.18. The number of ether oxygens (including phenoxy) is 1. The molecule has 26 heavy (non-hydrogen) atoms. The third-order valence-corrected chi connectivity index (χ3v) is 4.06. The van der Waals surface area contributed by atoms with E-state index in [1.807, 2.05) is 84.5 Å². The first-order chi connectivity index (χ1) is 12.6. The van der Waals surface area contributed by atoms with Crippen molar-refractivity contribution >= 4 is 11.7 Å². The van der Waals surface area contributed by atoms with Crippen LogP contribution in [0.25, 0.3) is 5.69 Å². The molecule has 0 bridgehead atoms. The number of carbonyl (C=O) groups is 1. The molecule has 0 unspecified atom stereocenters. The number of hydrogen-bond donors (Lipinski definition) is 1. The monoisotopic (exact) mass is 349 g/mol. The van der Waals surface area contributed by atoms with Crippen LogP contribution in [0.5, 0.6) is 5.75 Å². The van der Waals surface area contributed by atoms with Gasteiger partial charge in [-0.1, -0.05) is 23.8 Å². The summed E-state index contributed by atoms with van der Waals surface area (Å²) in [5, 5.41) is 2.92. The fraction of sp³-hybridized carbons (Fsp3) is 0.190. The molecular formula is C21H23N3O2. The number of nitrogens with zero attached hydrogens (tertiary/aromatic N) is 2. The maximum Gasteiger partial charge on any atom is 0.321 e. The van der Waals surface area contributed by atoms with Crippen molar-refractivity contribution in [2.24, 2.45) is 0 Å². The highest BCUT2D eigenvalue weighted by Gasteiger charge is 2.09. The fourth-order valence-electron chi connectivity index (χ4n) is 2.51. The summed E-state index contributed by atoms with van der Waals surface area (Å²) in [4.78, 5) is 14.0. The van der Waals surface area contributed by atoms with Gasteiger partial charge in [0.15, 0.2) is 0 Å². The maximum atomic E-state index is 12.3. The second kappa shape index (κ2) is 8.25. The first-order valence-corrected chi connectivity index (χ1v) is 8.57. The lowest BCUT2D eigenvalue weighted by molar-refractivity contribution is 0.207. The zero-order chi connectivity index (χ0) is 18.4. The molecule has 0 aliphatic rings. The summed E-state index contributed by atoms with van der Waals surface area (Å²) in [5.41, 5.74) is 2.95. The van der Waals surface area contributed by atoms with Crippen LogP contribution in [0, 0.1) is 6.92 Å². The molecule has 0 fully saturated rings. The topological polar surface area (TPSA) is 46.5 Å². The molecule has 2 amide bonds. The lowest BCUT2D eigenvalue weighted by atomic mass is 10.2. The number of aromatic nitrogens is 1. The molecule has 0 aliphatic heterocycles. The minimum absolute atomic E-state index is 0.165.